The van der Waals surface area contributed by atoms with E-state index < -0.39 is 6.10 Å². The molecule has 1 aliphatic rings. The van der Waals surface area contributed by atoms with E-state index in [1.807, 2.05) is 30.9 Å². The van der Waals surface area contributed by atoms with Crippen molar-refractivity contribution in [2.45, 2.75) is 45.3 Å². The molecule has 0 aliphatic carbocycles. The lowest BCUT2D eigenvalue weighted by Crippen LogP contribution is -2.34. The first-order valence-electron chi connectivity index (χ1n) is 7.22. The number of nitrogens with zero attached hydrogens (tertiary/aromatic N) is 1. The average Bonchev–Trinajstić information content (AvgIpc) is 2.87. The van der Waals surface area contributed by atoms with Gasteiger partial charge in [-0.25, -0.2) is 0 Å². The number of aliphatic hydroxyl groups is 1. The molecule has 2 unspecified atom stereocenters. The molecule has 1 aliphatic heterocycles. The maximum atomic E-state index is 12.4. The molecule has 2 atom stereocenters. The van der Waals surface area contributed by atoms with E-state index in [1.165, 1.54) is 5.56 Å². The molecule has 1 aromatic carbocycles. The Morgan fingerprint density at radius 3 is 2.90 bits per heavy atom. The van der Waals surface area contributed by atoms with E-state index in [-0.39, 0.29) is 24.3 Å². The fraction of sp³-hybridized carbons (Fsp3) is 0.562. The van der Waals surface area contributed by atoms with Crippen molar-refractivity contribution in [3.05, 3.63) is 34.3 Å². The number of hydrogen-bond acceptors (Lipinski definition) is 2. The van der Waals surface area contributed by atoms with Crippen molar-refractivity contribution in [1.29, 1.82) is 0 Å². The molecule has 1 heterocycles. The Hall–Kier alpha value is -0.870. The molecule has 4 heteroatoms. The molecule has 3 nitrogen and oxygen atoms in total. The van der Waals surface area contributed by atoms with Crippen LogP contribution in [0.25, 0.3) is 0 Å². The number of halogens is 1. The molecule has 0 spiro atoms. The maximum Gasteiger partial charge on any atom is 0.225 e. The summed E-state index contributed by atoms with van der Waals surface area (Å²) in [6, 6.07) is 8.30. The van der Waals surface area contributed by atoms with Crippen LogP contribution in [0.2, 0.25) is 0 Å². The van der Waals surface area contributed by atoms with E-state index in [4.69, 9.17) is 0 Å². The van der Waals surface area contributed by atoms with Crippen LogP contribution < -0.4 is 0 Å². The number of rotatable bonds is 4. The minimum absolute atomic E-state index is 0.0636. The Morgan fingerprint density at radius 1 is 1.50 bits per heavy atom. The molecular formula is C16H22BrNO2. The highest BCUT2D eigenvalue weighted by Gasteiger charge is 2.31. The van der Waals surface area contributed by atoms with Gasteiger partial charge in [0.15, 0.2) is 0 Å². The summed E-state index contributed by atoms with van der Waals surface area (Å²) in [6.45, 7) is 4.67. The van der Waals surface area contributed by atoms with E-state index >= 15 is 0 Å². The summed E-state index contributed by atoms with van der Waals surface area (Å²) >= 11 is 3.48. The first kappa shape index (κ1) is 15.5. The van der Waals surface area contributed by atoms with Crippen LogP contribution in [-0.2, 0) is 4.79 Å². The van der Waals surface area contributed by atoms with Crippen molar-refractivity contribution in [2.75, 3.05) is 6.54 Å². The Morgan fingerprint density at radius 2 is 2.25 bits per heavy atom. The third-order valence-corrected chi connectivity index (χ3v) is 4.45. The molecule has 1 fully saturated rings. The topological polar surface area (TPSA) is 40.5 Å². The molecule has 1 saturated heterocycles. The standard InChI is InChI=1S/C16H22BrNO2/c1-11(2)15(19)10-16(20)18-8-4-7-14(18)12-5-3-6-13(17)9-12/h3,5-6,9,11,14-15,19H,4,7-8,10H2,1-2H3. The molecule has 0 saturated carbocycles. The summed E-state index contributed by atoms with van der Waals surface area (Å²) in [5, 5.41) is 9.90. The molecule has 110 valence electrons. The maximum absolute atomic E-state index is 12.4. The summed E-state index contributed by atoms with van der Waals surface area (Å²) in [6.07, 6.45) is 1.70. The van der Waals surface area contributed by atoms with Gasteiger partial charge in [-0.15, -0.1) is 0 Å². The minimum Gasteiger partial charge on any atom is -0.392 e. The van der Waals surface area contributed by atoms with Gasteiger partial charge in [0.25, 0.3) is 0 Å². The zero-order valence-electron chi connectivity index (χ0n) is 12.1. The number of carbonyl (C=O) groups is 1. The van der Waals surface area contributed by atoms with Gasteiger partial charge in [0, 0.05) is 11.0 Å². The third kappa shape index (κ3) is 3.61. The monoisotopic (exact) mass is 339 g/mol. The second kappa shape index (κ2) is 6.72. The summed E-state index contributed by atoms with van der Waals surface area (Å²) in [5.74, 6) is 0.180. The van der Waals surface area contributed by atoms with Gasteiger partial charge >= 0.3 is 0 Å². The van der Waals surface area contributed by atoms with Crippen LogP contribution in [0.4, 0.5) is 0 Å². The lowest BCUT2D eigenvalue weighted by Gasteiger charge is -2.27. The van der Waals surface area contributed by atoms with Gasteiger partial charge in [-0.3, -0.25) is 4.79 Å². The number of amides is 1. The van der Waals surface area contributed by atoms with Gasteiger partial charge in [-0.1, -0.05) is 41.9 Å². The van der Waals surface area contributed by atoms with Crippen molar-refractivity contribution in [1.82, 2.24) is 4.90 Å². The fourth-order valence-electron chi connectivity index (χ4n) is 2.66. The fourth-order valence-corrected chi connectivity index (χ4v) is 3.07. The van der Waals surface area contributed by atoms with E-state index in [9.17, 15) is 9.90 Å². The largest absolute Gasteiger partial charge is 0.392 e. The molecular weight excluding hydrogens is 318 g/mol. The number of hydrogen-bond donors (Lipinski definition) is 1. The van der Waals surface area contributed by atoms with Crippen LogP contribution in [-0.4, -0.2) is 28.6 Å². The first-order chi connectivity index (χ1) is 9.49. The predicted molar refractivity (Wildman–Crippen MR) is 83.3 cm³/mol. The van der Waals surface area contributed by atoms with Gasteiger partial charge in [0.2, 0.25) is 5.91 Å². The third-order valence-electron chi connectivity index (χ3n) is 3.96. The van der Waals surface area contributed by atoms with E-state index in [0.29, 0.717) is 0 Å². The first-order valence-corrected chi connectivity index (χ1v) is 8.01. The zero-order chi connectivity index (χ0) is 14.7. The molecule has 2 rings (SSSR count). The van der Waals surface area contributed by atoms with Gasteiger partial charge in [-0.05, 0) is 36.5 Å². The second-order valence-corrected chi connectivity index (χ2v) is 6.73. The van der Waals surface area contributed by atoms with Gasteiger partial charge < -0.3 is 10.0 Å². The minimum atomic E-state index is -0.550. The Kier molecular flexibility index (Phi) is 5.22. The Balaban J connectivity index is 2.09. The highest BCUT2D eigenvalue weighted by molar-refractivity contribution is 9.10. The van der Waals surface area contributed by atoms with Crippen molar-refractivity contribution in [3.63, 3.8) is 0 Å². The van der Waals surface area contributed by atoms with Crippen molar-refractivity contribution in [2.24, 2.45) is 5.92 Å². The lowest BCUT2D eigenvalue weighted by atomic mass is 10.0. The predicted octanol–water partition coefficient (Wildman–Crippen LogP) is 3.52. The van der Waals surface area contributed by atoms with Crippen LogP contribution in [0, 0.1) is 5.92 Å². The Labute approximate surface area is 129 Å². The highest BCUT2D eigenvalue weighted by Crippen LogP contribution is 2.33. The molecule has 1 aromatic rings. The van der Waals surface area contributed by atoms with Gasteiger partial charge in [-0.2, -0.15) is 0 Å². The second-order valence-electron chi connectivity index (χ2n) is 5.82. The lowest BCUT2D eigenvalue weighted by molar-refractivity contribution is -0.134. The smallest absolute Gasteiger partial charge is 0.225 e. The van der Waals surface area contributed by atoms with E-state index in [0.717, 1.165) is 23.9 Å². The summed E-state index contributed by atoms with van der Waals surface area (Å²) < 4.78 is 1.04. The van der Waals surface area contributed by atoms with E-state index in [1.54, 1.807) is 0 Å². The molecule has 0 aromatic heterocycles. The Bertz CT molecular complexity index is 475. The van der Waals surface area contributed by atoms with Crippen LogP contribution in [0.1, 0.15) is 44.7 Å². The SMILES string of the molecule is CC(C)C(O)CC(=O)N1CCCC1c1cccc(Br)c1. The number of likely N-dealkylation sites (tertiary alicyclic amines) is 1. The summed E-state index contributed by atoms with van der Waals surface area (Å²) in [7, 11) is 0. The average molecular weight is 340 g/mol. The highest BCUT2D eigenvalue weighted by atomic mass is 79.9. The van der Waals surface area contributed by atoms with E-state index in [2.05, 4.69) is 28.1 Å². The van der Waals surface area contributed by atoms with Crippen molar-refractivity contribution < 1.29 is 9.90 Å². The molecule has 1 N–H and O–H groups in total. The number of benzene rings is 1. The molecule has 1 amide bonds. The zero-order valence-corrected chi connectivity index (χ0v) is 13.6. The quantitative estimate of drug-likeness (QED) is 0.911. The van der Waals surface area contributed by atoms with Crippen molar-refractivity contribution in [3.8, 4) is 0 Å². The summed E-state index contributed by atoms with van der Waals surface area (Å²) in [4.78, 5) is 14.3. The van der Waals surface area contributed by atoms with Crippen molar-refractivity contribution >= 4 is 21.8 Å². The van der Waals surface area contributed by atoms with Crippen LogP contribution in [0.3, 0.4) is 0 Å². The van der Waals surface area contributed by atoms with Crippen LogP contribution in [0.5, 0.6) is 0 Å². The number of carbonyl (C=O) groups excluding carboxylic acids is 1. The molecule has 0 radical (unpaired) electrons. The van der Waals surface area contributed by atoms with Gasteiger partial charge in [0.05, 0.1) is 18.6 Å². The number of aliphatic hydroxyl groups excluding tert-OH is 1. The summed E-state index contributed by atoms with van der Waals surface area (Å²) in [5.41, 5.74) is 1.17. The van der Waals surface area contributed by atoms with Crippen LogP contribution in [0.15, 0.2) is 28.7 Å². The molecule has 20 heavy (non-hydrogen) atoms. The normalized spacial score (nSPS) is 20.4. The molecule has 0 bridgehead atoms. The van der Waals surface area contributed by atoms with Gasteiger partial charge in [0.1, 0.15) is 0 Å². The van der Waals surface area contributed by atoms with Crippen LogP contribution >= 0.6 is 15.9 Å².